The molecule has 0 spiro atoms. The molecule has 0 fully saturated rings. The Kier molecular flexibility index (Phi) is 2.65. The number of hydrogen-bond acceptors (Lipinski definition) is 1. The number of hydrogen-bond donors (Lipinski definition) is 1. The quantitative estimate of drug-likeness (QED) is 0.730. The second-order valence-corrected chi connectivity index (χ2v) is 2.65. The summed E-state index contributed by atoms with van der Waals surface area (Å²) >= 11 is 0. The van der Waals surface area contributed by atoms with Gasteiger partial charge in [0.2, 0.25) is 0 Å². The first-order valence-corrected chi connectivity index (χ1v) is 3.60. The summed E-state index contributed by atoms with van der Waals surface area (Å²) in [4.78, 5) is 10.5. The standard InChI is InChI=1S/C8H4F5NO/c9-4-2-1-3(7(14)15)6(10)5(4)8(11,12)13/h1-2H,(H2,14,15). The molecular weight excluding hydrogens is 221 g/mol. The van der Waals surface area contributed by atoms with Gasteiger partial charge in [-0.05, 0) is 12.1 Å². The summed E-state index contributed by atoms with van der Waals surface area (Å²) in [5.74, 6) is -5.17. The van der Waals surface area contributed by atoms with Crippen LogP contribution in [0, 0.1) is 11.6 Å². The maximum absolute atomic E-state index is 13.0. The fraction of sp³-hybridized carbons (Fsp3) is 0.125. The molecule has 2 nitrogen and oxygen atoms in total. The van der Waals surface area contributed by atoms with Gasteiger partial charge in [-0.2, -0.15) is 13.2 Å². The van der Waals surface area contributed by atoms with Crippen molar-refractivity contribution in [3.8, 4) is 0 Å². The number of halogens is 5. The van der Waals surface area contributed by atoms with Crippen molar-refractivity contribution in [2.45, 2.75) is 6.18 Å². The Bertz CT molecular complexity index is 412. The van der Waals surface area contributed by atoms with Gasteiger partial charge in [0, 0.05) is 0 Å². The molecule has 0 saturated heterocycles. The molecule has 0 heterocycles. The normalized spacial score (nSPS) is 11.5. The number of amides is 1. The Balaban J connectivity index is 3.51. The molecule has 1 rings (SSSR count). The maximum Gasteiger partial charge on any atom is 0.422 e. The van der Waals surface area contributed by atoms with Crippen LogP contribution in [0.2, 0.25) is 0 Å². The first-order valence-electron chi connectivity index (χ1n) is 3.60. The van der Waals surface area contributed by atoms with Crippen molar-refractivity contribution < 1.29 is 26.7 Å². The summed E-state index contributed by atoms with van der Waals surface area (Å²) < 4.78 is 62.1. The van der Waals surface area contributed by atoms with Crippen LogP contribution in [0.1, 0.15) is 15.9 Å². The molecule has 1 aromatic carbocycles. The molecule has 0 aromatic heterocycles. The second-order valence-electron chi connectivity index (χ2n) is 2.65. The van der Waals surface area contributed by atoms with E-state index in [0.29, 0.717) is 12.1 Å². The predicted octanol–water partition coefficient (Wildman–Crippen LogP) is 2.08. The molecule has 0 atom stereocenters. The van der Waals surface area contributed by atoms with Crippen molar-refractivity contribution in [2.24, 2.45) is 5.73 Å². The van der Waals surface area contributed by atoms with Crippen LogP contribution in [0.15, 0.2) is 12.1 Å². The summed E-state index contributed by atoms with van der Waals surface area (Å²) in [6, 6.07) is 0.897. The summed E-state index contributed by atoms with van der Waals surface area (Å²) in [5.41, 5.74) is 1.50. The highest BCUT2D eigenvalue weighted by Gasteiger charge is 2.39. The molecule has 1 aromatic rings. The molecular formula is C8H4F5NO. The highest BCUT2D eigenvalue weighted by Crippen LogP contribution is 2.34. The Morgan fingerprint density at radius 1 is 1.20 bits per heavy atom. The Morgan fingerprint density at radius 2 is 1.73 bits per heavy atom. The van der Waals surface area contributed by atoms with E-state index in [1.165, 1.54) is 0 Å². The Labute approximate surface area is 80.5 Å². The van der Waals surface area contributed by atoms with Gasteiger partial charge in [-0.15, -0.1) is 0 Å². The van der Waals surface area contributed by atoms with Gasteiger partial charge in [0.05, 0.1) is 5.56 Å². The minimum atomic E-state index is -5.21. The molecule has 15 heavy (non-hydrogen) atoms. The van der Waals surface area contributed by atoms with Crippen LogP contribution in [0.25, 0.3) is 0 Å². The predicted molar refractivity (Wildman–Crippen MR) is 39.9 cm³/mol. The van der Waals surface area contributed by atoms with Gasteiger partial charge < -0.3 is 5.73 Å². The summed E-state index contributed by atoms with van der Waals surface area (Å²) in [7, 11) is 0. The highest BCUT2D eigenvalue weighted by atomic mass is 19.4. The van der Waals surface area contributed by atoms with E-state index in [4.69, 9.17) is 0 Å². The molecule has 0 unspecified atom stereocenters. The first-order chi connectivity index (χ1) is 6.75. The Morgan fingerprint density at radius 3 is 2.13 bits per heavy atom. The van der Waals surface area contributed by atoms with Gasteiger partial charge in [0.15, 0.2) is 5.82 Å². The molecule has 0 radical (unpaired) electrons. The van der Waals surface area contributed by atoms with E-state index in [2.05, 4.69) is 5.73 Å². The van der Waals surface area contributed by atoms with E-state index < -0.39 is 34.8 Å². The molecule has 0 saturated carbocycles. The van der Waals surface area contributed by atoms with E-state index in [0.717, 1.165) is 0 Å². The van der Waals surface area contributed by atoms with Crippen LogP contribution in [0.5, 0.6) is 0 Å². The number of nitrogens with two attached hydrogens (primary N) is 1. The molecule has 0 aliphatic carbocycles. The Hall–Kier alpha value is -1.66. The SMILES string of the molecule is NC(=O)c1ccc(F)c(C(F)(F)F)c1F. The first kappa shape index (κ1) is 11.4. The lowest BCUT2D eigenvalue weighted by Crippen LogP contribution is -2.19. The summed E-state index contributed by atoms with van der Waals surface area (Å²) in [6.45, 7) is 0. The molecule has 7 heteroatoms. The summed E-state index contributed by atoms with van der Waals surface area (Å²) in [6.07, 6.45) is -5.21. The zero-order valence-electron chi connectivity index (χ0n) is 7.03. The lowest BCUT2D eigenvalue weighted by Gasteiger charge is -2.10. The molecule has 0 bridgehead atoms. The number of alkyl halides is 3. The lowest BCUT2D eigenvalue weighted by atomic mass is 10.1. The molecule has 0 aliphatic rings. The van der Waals surface area contributed by atoms with Crippen LogP contribution < -0.4 is 5.73 Å². The highest BCUT2D eigenvalue weighted by molar-refractivity contribution is 5.93. The topological polar surface area (TPSA) is 43.1 Å². The van der Waals surface area contributed by atoms with Crippen LogP contribution in [-0.2, 0) is 6.18 Å². The van der Waals surface area contributed by atoms with E-state index in [-0.39, 0.29) is 0 Å². The van der Waals surface area contributed by atoms with Gasteiger partial charge in [0.25, 0.3) is 5.91 Å². The van der Waals surface area contributed by atoms with E-state index in [9.17, 15) is 26.7 Å². The minimum absolute atomic E-state index is 0.339. The van der Waals surface area contributed by atoms with Crippen LogP contribution >= 0.6 is 0 Å². The molecule has 82 valence electrons. The number of rotatable bonds is 1. The van der Waals surface area contributed by atoms with Crippen molar-refractivity contribution in [1.82, 2.24) is 0 Å². The van der Waals surface area contributed by atoms with E-state index >= 15 is 0 Å². The molecule has 2 N–H and O–H groups in total. The van der Waals surface area contributed by atoms with Gasteiger partial charge >= 0.3 is 6.18 Å². The van der Waals surface area contributed by atoms with Gasteiger partial charge in [-0.3, -0.25) is 4.79 Å². The molecule has 0 aliphatic heterocycles. The third-order valence-corrected chi connectivity index (χ3v) is 1.64. The fourth-order valence-electron chi connectivity index (χ4n) is 1.00. The van der Waals surface area contributed by atoms with Crippen molar-refractivity contribution in [3.05, 3.63) is 34.9 Å². The largest absolute Gasteiger partial charge is 0.422 e. The van der Waals surface area contributed by atoms with E-state index in [1.807, 2.05) is 0 Å². The van der Waals surface area contributed by atoms with Crippen molar-refractivity contribution in [3.63, 3.8) is 0 Å². The van der Waals surface area contributed by atoms with Crippen LogP contribution in [0.3, 0.4) is 0 Å². The molecule has 1 amide bonds. The smallest absolute Gasteiger partial charge is 0.366 e. The monoisotopic (exact) mass is 225 g/mol. The van der Waals surface area contributed by atoms with Crippen LogP contribution in [-0.4, -0.2) is 5.91 Å². The summed E-state index contributed by atoms with van der Waals surface area (Å²) in [5, 5.41) is 0. The van der Waals surface area contributed by atoms with Gasteiger partial charge in [-0.1, -0.05) is 0 Å². The second kappa shape index (κ2) is 3.48. The average molecular weight is 225 g/mol. The number of carbonyl (C=O) groups excluding carboxylic acids is 1. The van der Waals surface area contributed by atoms with Gasteiger partial charge in [0.1, 0.15) is 11.4 Å². The lowest BCUT2D eigenvalue weighted by molar-refractivity contribution is -0.142. The number of carbonyl (C=O) groups is 1. The van der Waals surface area contributed by atoms with Crippen molar-refractivity contribution in [1.29, 1.82) is 0 Å². The third kappa shape index (κ3) is 2.05. The van der Waals surface area contributed by atoms with Gasteiger partial charge in [-0.25, -0.2) is 8.78 Å². The zero-order chi connectivity index (χ0) is 11.8. The fourth-order valence-corrected chi connectivity index (χ4v) is 1.00. The maximum atomic E-state index is 13.0. The van der Waals surface area contributed by atoms with Crippen molar-refractivity contribution >= 4 is 5.91 Å². The number of primary amides is 1. The van der Waals surface area contributed by atoms with Crippen LogP contribution in [0.4, 0.5) is 22.0 Å². The number of benzene rings is 1. The minimum Gasteiger partial charge on any atom is -0.366 e. The van der Waals surface area contributed by atoms with Crippen molar-refractivity contribution in [2.75, 3.05) is 0 Å². The average Bonchev–Trinajstić information content (AvgIpc) is 2.00. The zero-order valence-corrected chi connectivity index (χ0v) is 7.03. The van der Waals surface area contributed by atoms with E-state index in [1.54, 1.807) is 0 Å². The third-order valence-electron chi connectivity index (χ3n) is 1.64.